The highest BCUT2D eigenvalue weighted by atomic mass is 32.2. The van der Waals surface area contributed by atoms with E-state index in [2.05, 4.69) is 0 Å². The number of nitrogens with zero attached hydrogens (tertiary/aromatic N) is 1. The summed E-state index contributed by atoms with van der Waals surface area (Å²) in [5.41, 5.74) is 6.89. The van der Waals surface area contributed by atoms with Gasteiger partial charge in [0.05, 0.1) is 11.5 Å². The minimum atomic E-state index is -2.96. The lowest BCUT2D eigenvalue weighted by Gasteiger charge is -2.25. The first kappa shape index (κ1) is 14.3. The van der Waals surface area contributed by atoms with Crippen molar-refractivity contribution in [3.63, 3.8) is 0 Å². The smallest absolute Gasteiger partial charge is 0.152 e. The molecule has 2 rings (SSSR count). The van der Waals surface area contributed by atoms with Gasteiger partial charge in [-0.15, -0.1) is 0 Å². The molecular formula is C13H19FN2O2S. The van der Waals surface area contributed by atoms with Gasteiger partial charge in [-0.1, -0.05) is 6.07 Å². The zero-order chi connectivity index (χ0) is 13.9. The van der Waals surface area contributed by atoms with E-state index >= 15 is 0 Å². The highest BCUT2D eigenvalue weighted by Crippen LogP contribution is 2.25. The van der Waals surface area contributed by atoms with E-state index in [-0.39, 0.29) is 17.3 Å². The van der Waals surface area contributed by atoms with Crippen LogP contribution in [0.15, 0.2) is 18.2 Å². The first-order valence-corrected chi connectivity index (χ1v) is 8.28. The molecule has 1 saturated heterocycles. The van der Waals surface area contributed by atoms with E-state index in [4.69, 9.17) is 5.73 Å². The fourth-order valence-corrected chi connectivity index (χ4v) is 3.69. The van der Waals surface area contributed by atoms with Crippen molar-refractivity contribution in [1.29, 1.82) is 0 Å². The first-order chi connectivity index (χ1) is 9.03. The van der Waals surface area contributed by atoms with Crippen LogP contribution in [0.4, 0.5) is 10.1 Å². The molecule has 19 heavy (non-hydrogen) atoms. The zero-order valence-electron chi connectivity index (χ0n) is 10.8. The number of halogens is 1. The number of hydrogen-bond acceptors (Lipinski definition) is 4. The molecule has 0 aliphatic carbocycles. The van der Waals surface area contributed by atoms with Crippen LogP contribution in [0.3, 0.4) is 0 Å². The molecule has 0 spiro atoms. The van der Waals surface area contributed by atoms with E-state index in [1.165, 1.54) is 6.07 Å². The Balaban J connectivity index is 2.28. The van der Waals surface area contributed by atoms with Crippen molar-refractivity contribution < 1.29 is 12.8 Å². The molecule has 6 heteroatoms. The average molecular weight is 286 g/mol. The quantitative estimate of drug-likeness (QED) is 0.898. The third-order valence-electron chi connectivity index (χ3n) is 3.38. The number of benzene rings is 1. The Bertz CT molecular complexity index is 546. The number of nitrogens with two attached hydrogens (primary N) is 1. The largest absolute Gasteiger partial charge is 0.370 e. The van der Waals surface area contributed by atoms with Crippen LogP contribution in [0.5, 0.6) is 0 Å². The normalized spacial score (nSPS) is 19.2. The molecule has 1 aliphatic heterocycles. The predicted molar refractivity (Wildman–Crippen MR) is 74.6 cm³/mol. The maximum atomic E-state index is 13.8. The van der Waals surface area contributed by atoms with Gasteiger partial charge < -0.3 is 10.6 Å². The molecule has 1 aromatic carbocycles. The standard InChI is InChI=1S/C13H19FN2O2S/c14-12-3-1-4-13(11(12)5-6-15)16-7-2-9-19(17,18)10-8-16/h1,3-4H,2,5-10,15H2. The molecule has 2 N–H and O–H groups in total. The fraction of sp³-hybridized carbons (Fsp3) is 0.538. The summed E-state index contributed by atoms with van der Waals surface area (Å²) in [5.74, 6) is 0.0754. The molecule has 0 atom stereocenters. The number of sulfone groups is 1. The maximum Gasteiger partial charge on any atom is 0.152 e. The Hall–Kier alpha value is -1.14. The summed E-state index contributed by atoms with van der Waals surface area (Å²) in [5, 5.41) is 0. The minimum absolute atomic E-state index is 0.131. The molecule has 0 unspecified atom stereocenters. The molecule has 0 amide bonds. The molecule has 0 radical (unpaired) electrons. The summed E-state index contributed by atoms with van der Waals surface area (Å²) in [6.45, 7) is 1.43. The van der Waals surface area contributed by atoms with Crippen LogP contribution in [-0.2, 0) is 16.3 Å². The van der Waals surface area contributed by atoms with Crippen molar-refractivity contribution in [2.24, 2.45) is 5.73 Å². The van der Waals surface area contributed by atoms with E-state index in [1.807, 2.05) is 11.0 Å². The Labute approximate surface area is 113 Å². The third kappa shape index (κ3) is 3.45. The van der Waals surface area contributed by atoms with Gasteiger partial charge in [-0.3, -0.25) is 0 Å². The lowest BCUT2D eigenvalue weighted by atomic mass is 10.1. The van der Waals surface area contributed by atoms with Crippen molar-refractivity contribution in [3.05, 3.63) is 29.6 Å². The fourth-order valence-electron chi connectivity index (χ4n) is 2.41. The van der Waals surface area contributed by atoms with Gasteiger partial charge in [0.25, 0.3) is 0 Å². The number of hydrogen-bond donors (Lipinski definition) is 1. The molecule has 1 heterocycles. The summed E-state index contributed by atoms with van der Waals surface area (Å²) in [4.78, 5) is 1.96. The Morgan fingerprint density at radius 2 is 2.05 bits per heavy atom. The van der Waals surface area contributed by atoms with Crippen LogP contribution in [-0.4, -0.2) is 39.6 Å². The van der Waals surface area contributed by atoms with Crippen LogP contribution >= 0.6 is 0 Å². The van der Waals surface area contributed by atoms with Crippen LogP contribution in [0, 0.1) is 5.82 Å². The zero-order valence-corrected chi connectivity index (χ0v) is 11.6. The van der Waals surface area contributed by atoms with E-state index < -0.39 is 9.84 Å². The number of anilines is 1. The molecule has 1 fully saturated rings. The maximum absolute atomic E-state index is 13.8. The van der Waals surface area contributed by atoms with E-state index in [0.29, 0.717) is 38.0 Å². The molecular weight excluding hydrogens is 267 g/mol. The summed E-state index contributed by atoms with van der Waals surface area (Å²) in [6.07, 6.45) is 1.05. The van der Waals surface area contributed by atoms with Gasteiger partial charge in [0.2, 0.25) is 0 Å². The van der Waals surface area contributed by atoms with Gasteiger partial charge in [0, 0.05) is 24.3 Å². The Morgan fingerprint density at radius 1 is 1.26 bits per heavy atom. The average Bonchev–Trinajstić information content (AvgIpc) is 2.53. The van der Waals surface area contributed by atoms with Gasteiger partial charge in [0.15, 0.2) is 9.84 Å². The molecule has 4 nitrogen and oxygen atoms in total. The summed E-state index contributed by atoms with van der Waals surface area (Å²) < 4.78 is 37.1. The monoisotopic (exact) mass is 286 g/mol. The SMILES string of the molecule is NCCc1c(F)cccc1N1CCCS(=O)(=O)CC1. The topological polar surface area (TPSA) is 63.4 Å². The van der Waals surface area contributed by atoms with E-state index in [9.17, 15) is 12.8 Å². The second-order valence-corrected chi connectivity index (χ2v) is 7.07. The second-order valence-electron chi connectivity index (χ2n) is 4.77. The van der Waals surface area contributed by atoms with Crippen LogP contribution in [0.2, 0.25) is 0 Å². The van der Waals surface area contributed by atoms with Crippen molar-refractivity contribution in [3.8, 4) is 0 Å². The van der Waals surface area contributed by atoms with Crippen molar-refractivity contribution in [2.45, 2.75) is 12.8 Å². The van der Waals surface area contributed by atoms with Crippen molar-refractivity contribution in [2.75, 3.05) is 36.0 Å². The molecule has 1 aromatic rings. The molecule has 1 aliphatic rings. The van der Waals surface area contributed by atoms with Crippen LogP contribution in [0.1, 0.15) is 12.0 Å². The Morgan fingerprint density at radius 3 is 2.79 bits per heavy atom. The van der Waals surface area contributed by atoms with Gasteiger partial charge in [0.1, 0.15) is 5.82 Å². The van der Waals surface area contributed by atoms with E-state index in [1.54, 1.807) is 6.07 Å². The summed E-state index contributed by atoms with van der Waals surface area (Å²) >= 11 is 0. The highest BCUT2D eigenvalue weighted by molar-refractivity contribution is 7.91. The van der Waals surface area contributed by atoms with Crippen LogP contribution < -0.4 is 10.6 Å². The van der Waals surface area contributed by atoms with E-state index in [0.717, 1.165) is 5.69 Å². The van der Waals surface area contributed by atoms with Crippen molar-refractivity contribution >= 4 is 15.5 Å². The molecule has 0 bridgehead atoms. The summed E-state index contributed by atoms with van der Waals surface area (Å²) in [7, 11) is -2.96. The predicted octanol–water partition coefficient (Wildman–Crippen LogP) is 0.952. The second kappa shape index (κ2) is 5.88. The Kier molecular flexibility index (Phi) is 4.42. The lowest BCUT2D eigenvalue weighted by Crippen LogP contribution is -2.28. The molecule has 0 saturated carbocycles. The minimum Gasteiger partial charge on any atom is -0.370 e. The van der Waals surface area contributed by atoms with Crippen molar-refractivity contribution in [1.82, 2.24) is 0 Å². The first-order valence-electron chi connectivity index (χ1n) is 6.46. The van der Waals surface area contributed by atoms with Gasteiger partial charge in [-0.2, -0.15) is 0 Å². The van der Waals surface area contributed by atoms with Gasteiger partial charge >= 0.3 is 0 Å². The van der Waals surface area contributed by atoms with Gasteiger partial charge in [-0.05, 0) is 31.5 Å². The highest BCUT2D eigenvalue weighted by Gasteiger charge is 2.21. The van der Waals surface area contributed by atoms with Crippen LogP contribution in [0.25, 0.3) is 0 Å². The van der Waals surface area contributed by atoms with Gasteiger partial charge in [-0.25, -0.2) is 12.8 Å². The lowest BCUT2D eigenvalue weighted by molar-refractivity contribution is 0.597. The molecule has 0 aromatic heterocycles. The third-order valence-corrected chi connectivity index (χ3v) is 5.10. The number of rotatable bonds is 3. The molecule has 106 valence electrons. The summed E-state index contributed by atoms with van der Waals surface area (Å²) in [6, 6.07) is 4.92.